The van der Waals surface area contributed by atoms with Crippen molar-refractivity contribution in [3.63, 3.8) is 0 Å². The minimum atomic E-state index is 0.678. The summed E-state index contributed by atoms with van der Waals surface area (Å²) in [5.74, 6) is 0.830. The molecule has 0 N–H and O–H groups in total. The fourth-order valence-corrected chi connectivity index (χ4v) is 1.25. The van der Waals surface area contributed by atoms with Gasteiger partial charge in [-0.25, -0.2) is 4.39 Å². The summed E-state index contributed by atoms with van der Waals surface area (Å²) in [4.78, 5) is 0. The summed E-state index contributed by atoms with van der Waals surface area (Å²) in [6, 6.07) is 7.69. The van der Waals surface area contributed by atoms with Gasteiger partial charge >= 0.3 is 0 Å². The van der Waals surface area contributed by atoms with Crippen molar-refractivity contribution in [2.75, 3.05) is 7.11 Å². The number of allylic oxidation sites excluding steroid dienone is 1. The summed E-state index contributed by atoms with van der Waals surface area (Å²) in [6.45, 7) is 1.95. The standard InChI is InChI=1S/C12H15FO/c1-3-10(9-13)8-11-4-6-12(14-2)7-5-11/h4-7,9H,3,8H2,1-2H3/b10-9+. The highest BCUT2D eigenvalue weighted by Crippen LogP contribution is 2.15. The molecule has 0 saturated carbocycles. The van der Waals surface area contributed by atoms with E-state index in [1.807, 2.05) is 31.2 Å². The van der Waals surface area contributed by atoms with Crippen LogP contribution in [0.2, 0.25) is 0 Å². The second-order valence-corrected chi connectivity index (χ2v) is 3.15. The molecule has 0 aromatic heterocycles. The van der Waals surface area contributed by atoms with Crippen LogP contribution in [-0.2, 0) is 6.42 Å². The van der Waals surface area contributed by atoms with Gasteiger partial charge in [-0.3, -0.25) is 0 Å². The molecule has 2 heteroatoms. The third-order valence-corrected chi connectivity index (χ3v) is 2.20. The van der Waals surface area contributed by atoms with E-state index in [9.17, 15) is 4.39 Å². The summed E-state index contributed by atoms with van der Waals surface area (Å²) in [5.41, 5.74) is 1.92. The third-order valence-electron chi connectivity index (χ3n) is 2.20. The van der Waals surface area contributed by atoms with Gasteiger partial charge < -0.3 is 4.74 Å². The number of hydrogen-bond donors (Lipinski definition) is 0. The summed E-state index contributed by atoms with van der Waals surface area (Å²) in [6.07, 6.45) is 2.13. The lowest BCUT2D eigenvalue weighted by atomic mass is 10.0. The SMILES string of the molecule is CC/C(=C\F)Cc1ccc(OC)cc1. The van der Waals surface area contributed by atoms with E-state index in [4.69, 9.17) is 4.74 Å². The Labute approximate surface area is 84.2 Å². The van der Waals surface area contributed by atoms with Crippen LogP contribution in [0.3, 0.4) is 0 Å². The first-order valence-electron chi connectivity index (χ1n) is 4.71. The summed E-state index contributed by atoms with van der Waals surface area (Å²) < 4.78 is 17.3. The molecule has 0 heterocycles. The molecule has 0 atom stereocenters. The normalized spacial score (nSPS) is 11.5. The van der Waals surface area contributed by atoms with Crippen LogP contribution in [-0.4, -0.2) is 7.11 Å². The van der Waals surface area contributed by atoms with E-state index in [0.29, 0.717) is 12.8 Å². The Hall–Kier alpha value is -1.31. The quantitative estimate of drug-likeness (QED) is 0.712. The molecule has 76 valence electrons. The Kier molecular flexibility index (Phi) is 4.17. The lowest BCUT2D eigenvalue weighted by Crippen LogP contribution is -1.89. The van der Waals surface area contributed by atoms with Crippen LogP contribution in [0.5, 0.6) is 5.75 Å². The van der Waals surface area contributed by atoms with Crippen molar-refractivity contribution < 1.29 is 9.13 Å². The largest absolute Gasteiger partial charge is 0.497 e. The van der Waals surface area contributed by atoms with E-state index in [1.54, 1.807) is 7.11 Å². The van der Waals surface area contributed by atoms with Gasteiger partial charge in [0.15, 0.2) is 0 Å². The van der Waals surface area contributed by atoms with E-state index < -0.39 is 0 Å². The zero-order chi connectivity index (χ0) is 10.4. The molecule has 1 nitrogen and oxygen atoms in total. The molecule has 0 aliphatic rings. The Bertz CT molecular complexity index is 301. The average molecular weight is 194 g/mol. The second kappa shape index (κ2) is 5.43. The molecule has 14 heavy (non-hydrogen) atoms. The van der Waals surface area contributed by atoms with Crippen molar-refractivity contribution in [3.8, 4) is 5.75 Å². The van der Waals surface area contributed by atoms with Gasteiger partial charge in [-0.1, -0.05) is 19.1 Å². The first-order valence-corrected chi connectivity index (χ1v) is 4.71. The van der Waals surface area contributed by atoms with Gasteiger partial charge in [0.25, 0.3) is 0 Å². The maximum atomic E-state index is 12.3. The molecular weight excluding hydrogens is 179 g/mol. The Morgan fingerprint density at radius 2 is 2.00 bits per heavy atom. The number of rotatable bonds is 4. The molecule has 0 saturated heterocycles. The highest BCUT2D eigenvalue weighted by Gasteiger charge is 1.98. The number of ether oxygens (including phenoxy) is 1. The third kappa shape index (κ3) is 2.87. The second-order valence-electron chi connectivity index (χ2n) is 3.15. The first-order chi connectivity index (χ1) is 6.80. The van der Waals surface area contributed by atoms with Crippen LogP contribution in [0.25, 0.3) is 0 Å². The molecule has 0 aliphatic carbocycles. The monoisotopic (exact) mass is 194 g/mol. The highest BCUT2D eigenvalue weighted by atomic mass is 19.1. The van der Waals surface area contributed by atoms with Gasteiger partial charge in [0.05, 0.1) is 13.4 Å². The van der Waals surface area contributed by atoms with Crippen LogP contribution >= 0.6 is 0 Å². The molecule has 1 aromatic carbocycles. The zero-order valence-corrected chi connectivity index (χ0v) is 8.59. The fraction of sp³-hybridized carbons (Fsp3) is 0.333. The Morgan fingerprint density at radius 1 is 1.36 bits per heavy atom. The Balaban J connectivity index is 2.68. The van der Waals surface area contributed by atoms with E-state index in [-0.39, 0.29) is 0 Å². The predicted molar refractivity (Wildman–Crippen MR) is 56.2 cm³/mol. The minimum Gasteiger partial charge on any atom is -0.497 e. The smallest absolute Gasteiger partial charge is 0.118 e. The first kappa shape index (κ1) is 10.8. The maximum absolute atomic E-state index is 12.3. The molecular formula is C12H15FO. The fourth-order valence-electron chi connectivity index (χ4n) is 1.25. The lowest BCUT2D eigenvalue weighted by Gasteiger charge is -2.04. The number of halogens is 1. The van der Waals surface area contributed by atoms with Crippen LogP contribution in [0.4, 0.5) is 4.39 Å². The van der Waals surface area contributed by atoms with Crippen LogP contribution < -0.4 is 4.74 Å². The van der Waals surface area contributed by atoms with Crippen LogP contribution in [0.15, 0.2) is 36.2 Å². The van der Waals surface area contributed by atoms with E-state index in [0.717, 1.165) is 23.3 Å². The molecule has 0 amide bonds. The van der Waals surface area contributed by atoms with E-state index in [2.05, 4.69) is 0 Å². The van der Waals surface area contributed by atoms with Gasteiger partial charge in [0.1, 0.15) is 5.75 Å². The summed E-state index contributed by atoms with van der Waals surface area (Å²) in [7, 11) is 1.63. The van der Waals surface area contributed by atoms with Crippen molar-refractivity contribution >= 4 is 0 Å². The zero-order valence-electron chi connectivity index (χ0n) is 8.59. The van der Waals surface area contributed by atoms with Crippen LogP contribution in [0.1, 0.15) is 18.9 Å². The number of benzene rings is 1. The van der Waals surface area contributed by atoms with Crippen molar-refractivity contribution in [2.45, 2.75) is 19.8 Å². The van der Waals surface area contributed by atoms with Gasteiger partial charge in [-0.2, -0.15) is 0 Å². The molecule has 0 radical (unpaired) electrons. The lowest BCUT2D eigenvalue weighted by molar-refractivity contribution is 0.414. The van der Waals surface area contributed by atoms with Crippen molar-refractivity contribution in [1.29, 1.82) is 0 Å². The van der Waals surface area contributed by atoms with Crippen molar-refractivity contribution in [2.24, 2.45) is 0 Å². The molecule has 0 spiro atoms. The maximum Gasteiger partial charge on any atom is 0.118 e. The molecule has 1 aromatic rings. The minimum absolute atomic E-state index is 0.678. The summed E-state index contributed by atoms with van der Waals surface area (Å²) in [5, 5.41) is 0. The van der Waals surface area contributed by atoms with Gasteiger partial charge in [-0.15, -0.1) is 0 Å². The van der Waals surface area contributed by atoms with E-state index in [1.165, 1.54) is 0 Å². The van der Waals surface area contributed by atoms with Crippen molar-refractivity contribution in [1.82, 2.24) is 0 Å². The predicted octanol–water partition coefficient (Wildman–Crippen LogP) is 3.50. The topological polar surface area (TPSA) is 9.23 Å². The number of methoxy groups -OCH3 is 1. The van der Waals surface area contributed by atoms with Crippen molar-refractivity contribution in [3.05, 3.63) is 41.7 Å². The molecule has 0 aliphatic heterocycles. The average Bonchev–Trinajstić information content (AvgIpc) is 2.26. The van der Waals surface area contributed by atoms with Gasteiger partial charge in [0, 0.05) is 0 Å². The Morgan fingerprint density at radius 3 is 2.43 bits per heavy atom. The summed E-state index contributed by atoms with van der Waals surface area (Å²) >= 11 is 0. The highest BCUT2D eigenvalue weighted by molar-refractivity contribution is 5.29. The molecule has 0 bridgehead atoms. The molecule has 1 rings (SSSR count). The molecule has 0 unspecified atom stereocenters. The van der Waals surface area contributed by atoms with Gasteiger partial charge in [0.2, 0.25) is 0 Å². The van der Waals surface area contributed by atoms with Crippen LogP contribution in [0, 0.1) is 0 Å². The molecule has 0 fully saturated rings. The van der Waals surface area contributed by atoms with E-state index >= 15 is 0 Å². The van der Waals surface area contributed by atoms with Gasteiger partial charge in [-0.05, 0) is 36.1 Å². The number of hydrogen-bond acceptors (Lipinski definition) is 1.